The van der Waals surface area contributed by atoms with E-state index in [9.17, 15) is 13.2 Å². The number of alkyl halides is 3. The maximum atomic E-state index is 12.0. The molecule has 0 nitrogen and oxygen atoms in total. The highest BCUT2D eigenvalue weighted by molar-refractivity contribution is 6.42. The lowest BCUT2D eigenvalue weighted by Gasteiger charge is -2.08. The van der Waals surface area contributed by atoms with Crippen LogP contribution in [0.15, 0.2) is 42.5 Å². The Morgan fingerprint density at radius 1 is 0.913 bits per heavy atom. The molecule has 5 heteroatoms. The minimum atomic E-state index is -4.22. The standard InChI is InChI=1S/C8H8Cl2.C8H7F3.C2H6/c1-2-6-3-4-7(9)8(10)5-6;1-6-4-2-3-5-7(6)8(9,10)11;1-2/h3-5H,2H2,1H3;2-5H,1H3;1-2H3. The average molecular weight is 365 g/mol. The summed E-state index contributed by atoms with van der Waals surface area (Å²) in [7, 11) is 0. The van der Waals surface area contributed by atoms with E-state index < -0.39 is 11.7 Å². The van der Waals surface area contributed by atoms with Gasteiger partial charge in [0.25, 0.3) is 0 Å². The molecule has 0 aliphatic heterocycles. The first-order valence-electron chi connectivity index (χ1n) is 7.32. The maximum Gasteiger partial charge on any atom is 0.416 e. The minimum absolute atomic E-state index is 0.264. The van der Waals surface area contributed by atoms with Crippen LogP contribution in [0.25, 0.3) is 0 Å². The van der Waals surface area contributed by atoms with Gasteiger partial charge in [-0.2, -0.15) is 13.2 Å². The molecule has 0 fully saturated rings. The van der Waals surface area contributed by atoms with Gasteiger partial charge in [-0.05, 0) is 42.7 Å². The van der Waals surface area contributed by atoms with E-state index in [-0.39, 0.29) is 5.56 Å². The Morgan fingerprint density at radius 2 is 1.48 bits per heavy atom. The summed E-state index contributed by atoms with van der Waals surface area (Å²) in [4.78, 5) is 0. The van der Waals surface area contributed by atoms with Gasteiger partial charge in [0.1, 0.15) is 0 Å². The Kier molecular flexibility index (Phi) is 10.0. The number of rotatable bonds is 1. The van der Waals surface area contributed by atoms with Gasteiger partial charge in [0, 0.05) is 0 Å². The molecule has 0 heterocycles. The van der Waals surface area contributed by atoms with E-state index in [4.69, 9.17) is 23.2 Å². The molecule has 0 spiro atoms. The van der Waals surface area contributed by atoms with E-state index in [1.807, 2.05) is 32.0 Å². The molecule has 0 saturated heterocycles. The first kappa shape index (κ1) is 21.8. The smallest absolute Gasteiger partial charge is 0.166 e. The highest BCUT2D eigenvalue weighted by Gasteiger charge is 2.31. The predicted octanol–water partition coefficient (Wildman–Crippen LogP) is 7.60. The van der Waals surface area contributed by atoms with Gasteiger partial charge < -0.3 is 0 Å². The molecule has 0 aliphatic rings. The molecule has 0 N–H and O–H groups in total. The third-order valence-electron chi connectivity index (χ3n) is 2.84. The van der Waals surface area contributed by atoms with Crippen molar-refractivity contribution < 1.29 is 13.2 Å². The van der Waals surface area contributed by atoms with E-state index in [0.717, 1.165) is 12.5 Å². The van der Waals surface area contributed by atoms with Crippen molar-refractivity contribution in [1.29, 1.82) is 0 Å². The van der Waals surface area contributed by atoms with Crippen LogP contribution in [0.4, 0.5) is 13.2 Å². The first-order valence-corrected chi connectivity index (χ1v) is 8.08. The van der Waals surface area contributed by atoms with Crippen molar-refractivity contribution in [3.05, 3.63) is 69.2 Å². The molecule has 2 aromatic rings. The molecule has 2 aromatic carbocycles. The summed E-state index contributed by atoms with van der Waals surface area (Å²) < 4.78 is 36.1. The second kappa shape index (κ2) is 10.6. The van der Waals surface area contributed by atoms with Crippen molar-refractivity contribution >= 4 is 23.2 Å². The summed E-state index contributed by atoms with van der Waals surface area (Å²) in [5, 5.41) is 1.26. The summed E-state index contributed by atoms with van der Waals surface area (Å²) >= 11 is 11.5. The predicted molar refractivity (Wildman–Crippen MR) is 93.4 cm³/mol. The molecule has 0 radical (unpaired) electrons. The molecular weight excluding hydrogens is 344 g/mol. The van der Waals surface area contributed by atoms with Gasteiger partial charge in [-0.25, -0.2) is 0 Å². The van der Waals surface area contributed by atoms with Crippen molar-refractivity contribution in [1.82, 2.24) is 0 Å². The van der Waals surface area contributed by atoms with Crippen LogP contribution in [0.5, 0.6) is 0 Å². The zero-order valence-electron chi connectivity index (χ0n) is 13.6. The number of hydrogen-bond donors (Lipinski definition) is 0. The molecule has 0 atom stereocenters. The molecule has 128 valence electrons. The third-order valence-corrected chi connectivity index (χ3v) is 3.58. The van der Waals surface area contributed by atoms with E-state index in [1.165, 1.54) is 24.6 Å². The maximum absolute atomic E-state index is 12.0. The number of halogens is 5. The lowest BCUT2D eigenvalue weighted by atomic mass is 10.1. The van der Waals surface area contributed by atoms with Gasteiger partial charge in [-0.15, -0.1) is 0 Å². The van der Waals surface area contributed by atoms with Gasteiger partial charge >= 0.3 is 6.18 Å². The number of aryl methyl sites for hydroxylation is 2. The molecule has 0 bridgehead atoms. The fraction of sp³-hybridized carbons (Fsp3) is 0.333. The summed E-state index contributed by atoms with van der Waals surface area (Å²) in [5.74, 6) is 0. The minimum Gasteiger partial charge on any atom is -0.166 e. The molecule has 0 aromatic heterocycles. The Balaban J connectivity index is 0.000000381. The van der Waals surface area contributed by atoms with Crippen molar-refractivity contribution in [2.75, 3.05) is 0 Å². The number of benzene rings is 2. The van der Waals surface area contributed by atoms with E-state index >= 15 is 0 Å². The SMILES string of the molecule is CC.CCc1ccc(Cl)c(Cl)c1.Cc1ccccc1C(F)(F)F. The van der Waals surface area contributed by atoms with E-state index in [0.29, 0.717) is 10.0 Å². The van der Waals surface area contributed by atoms with Crippen molar-refractivity contribution in [3.63, 3.8) is 0 Å². The first-order chi connectivity index (χ1) is 10.8. The Morgan fingerprint density at radius 3 is 1.87 bits per heavy atom. The van der Waals surface area contributed by atoms with Gasteiger partial charge in [0.15, 0.2) is 0 Å². The zero-order valence-corrected chi connectivity index (χ0v) is 15.2. The van der Waals surface area contributed by atoms with Gasteiger partial charge in [-0.3, -0.25) is 0 Å². The Labute approximate surface area is 146 Å². The summed E-state index contributed by atoms with van der Waals surface area (Å²) in [6.07, 6.45) is -3.22. The second-order valence-corrected chi connectivity index (χ2v) is 5.23. The van der Waals surface area contributed by atoms with Gasteiger partial charge in [0.05, 0.1) is 15.6 Å². The molecule has 0 amide bonds. The lowest BCUT2D eigenvalue weighted by molar-refractivity contribution is -0.138. The highest BCUT2D eigenvalue weighted by atomic mass is 35.5. The second-order valence-electron chi connectivity index (χ2n) is 4.41. The van der Waals surface area contributed by atoms with Crippen LogP contribution in [0.3, 0.4) is 0 Å². The van der Waals surface area contributed by atoms with E-state index in [2.05, 4.69) is 6.92 Å². The number of hydrogen-bond acceptors (Lipinski definition) is 0. The Hall–Kier alpha value is -1.19. The van der Waals surface area contributed by atoms with Crippen LogP contribution in [-0.2, 0) is 12.6 Å². The van der Waals surface area contributed by atoms with Crippen molar-refractivity contribution in [3.8, 4) is 0 Å². The normalized spacial score (nSPS) is 10.1. The summed E-state index contributed by atoms with van der Waals surface area (Å²) in [6.45, 7) is 7.53. The molecular formula is C18H21Cl2F3. The highest BCUT2D eigenvalue weighted by Crippen LogP contribution is 2.31. The van der Waals surface area contributed by atoms with Crippen molar-refractivity contribution in [2.45, 2.75) is 40.3 Å². The monoisotopic (exact) mass is 364 g/mol. The molecule has 0 saturated carbocycles. The van der Waals surface area contributed by atoms with Crippen LogP contribution in [0, 0.1) is 6.92 Å². The third kappa shape index (κ3) is 7.76. The summed E-state index contributed by atoms with van der Waals surface area (Å²) in [6, 6.07) is 11.2. The van der Waals surface area contributed by atoms with Crippen LogP contribution in [0.1, 0.15) is 37.5 Å². The van der Waals surface area contributed by atoms with Crippen molar-refractivity contribution in [2.24, 2.45) is 0 Å². The lowest BCUT2D eigenvalue weighted by Crippen LogP contribution is -2.06. The van der Waals surface area contributed by atoms with Gasteiger partial charge in [0.2, 0.25) is 0 Å². The van der Waals surface area contributed by atoms with Crippen LogP contribution >= 0.6 is 23.2 Å². The fourth-order valence-corrected chi connectivity index (χ4v) is 1.97. The molecule has 2 rings (SSSR count). The van der Waals surface area contributed by atoms with Crippen LogP contribution in [-0.4, -0.2) is 0 Å². The zero-order chi connectivity index (χ0) is 18.0. The topological polar surface area (TPSA) is 0 Å². The largest absolute Gasteiger partial charge is 0.416 e. The molecule has 23 heavy (non-hydrogen) atoms. The van der Waals surface area contributed by atoms with Crippen LogP contribution < -0.4 is 0 Å². The van der Waals surface area contributed by atoms with E-state index in [1.54, 1.807) is 6.07 Å². The Bertz CT molecular complexity index is 593. The summed E-state index contributed by atoms with van der Waals surface area (Å²) in [5.41, 5.74) is 0.925. The average Bonchev–Trinajstić information content (AvgIpc) is 2.52. The molecule has 0 aliphatic carbocycles. The quantitative estimate of drug-likeness (QED) is 0.488. The van der Waals surface area contributed by atoms with Crippen LogP contribution in [0.2, 0.25) is 10.0 Å². The fourth-order valence-electron chi connectivity index (χ4n) is 1.65. The van der Waals surface area contributed by atoms with Gasteiger partial charge in [-0.1, -0.05) is 68.2 Å². The molecule has 0 unspecified atom stereocenters.